The van der Waals surface area contributed by atoms with Crippen LogP contribution in [-0.4, -0.2) is 76.6 Å². The Hall–Kier alpha value is -4.46. The van der Waals surface area contributed by atoms with E-state index in [1.807, 2.05) is 58.0 Å². The number of ketones is 1. The number of anilines is 1. The van der Waals surface area contributed by atoms with Gasteiger partial charge < -0.3 is 19.9 Å². The summed E-state index contributed by atoms with van der Waals surface area (Å²) < 4.78 is 6.92. The topological polar surface area (TPSA) is 133 Å². The molecule has 2 aromatic heterocycles. The Labute approximate surface area is 233 Å². The molecule has 3 heterocycles. The van der Waals surface area contributed by atoms with E-state index in [0.717, 1.165) is 17.5 Å². The van der Waals surface area contributed by atoms with Gasteiger partial charge >= 0.3 is 6.09 Å². The molecular formula is C29H35N7O4. The van der Waals surface area contributed by atoms with E-state index in [4.69, 9.17) is 4.74 Å². The van der Waals surface area contributed by atoms with Crippen LogP contribution in [0, 0.1) is 23.7 Å². The van der Waals surface area contributed by atoms with Gasteiger partial charge in [0.15, 0.2) is 5.65 Å². The minimum Gasteiger partial charge on any atom is -0.444 e. The molecule has 1 atom stereocenters. The highest BCUT2D eigenvalue weighted by Crippen LogP contribution is 2.41. The van der Waals surface area contributed by atoms with Crippen LogP contribution in [0.1, 0.15) is 55.9 Å². The Kier molecular flexibility index (Phi) is 7.57. The minimum absolute atomic E-state index is 0.213. The Bertz CT molecular complexity index is 1520. The van der Waals surface area contributed by atoms with Crippen molar-refractivity contribution in [2.75, 3.05) is 38.6 Å². The third-order valence-electron chi connectivity index (χ3n) is 6.90. The first-order chi connectivity index (χ1) is 18.7. The van der Waals surface area contributed by atoms with Gasteiger partial charge in [0.1, 0.15) is 23.1 Å². The second-order valence-electron chi connectivity index (χ2n) is 11.7. The van der Waals surface area contributed by atoms with Gasteiger partial charge in [0.25, 0.3) is 11.7 Å². The number of benzene rings is 1. The van der Waals surface area contributed by atoms with E-state index in [1.54, 1.807) is 0 Å². The van der Waals surface area contributed by atoms with E-state index in [2.05, 4.69) is 33.3 Å². The molecule has 0 radical (unpaired) electrons. The highest BCUT2D eigenvalue weighted by molar-refractivity contribution is 6.41. The highest BCUT2D eigenvalue weighted by atomic mass is 16.6. The van der Waals surface area contributed by atoms with Crippen LogP contribution in [0.5, 0.6) is 0 Å². The van der Waals surface area contributed by atoms with Crippen molar-refractivity contribution in [1.82, 2.24) is 24.8 Å². The number of nitrogens with zero attached hydrogens (tertiary/aromatic N) is 6. The fourth-order valence-electron chi connectivity index (χ4n) is 4.91. The van der Waals surface area contributed by atoms with Crippen molar-refractivity contribution in [2.24, 2.45) is 5.41 Å². The summed E-state index contributed by atoms with van der Waals surface area (Å²) in [4.78, 5) is 45.4. The van der Waals surface area contributed by atoms with Crippen LogP contribution in [0.4, 0.5) is 10.6 Å². The highest BCUT2D eigenvalue weighted by Gasteiger charge is 2.38. The zero-order valence-electron chi connectivity index (χ0n) is 24.0. The van der Waals surface area contributed by atoms with Crippen molar-refractivity contribution in [3.8, 4) is 17.2 Å². The molecular weight excluding hydrogens is 510 g/mol. The predicted octanol–water partition coefficient (Wildman–Crippen LogP) is 3.59. The van der Waals surface area contributed by atoms with Crippen molar-refractivity contribution < 1.29 is 19.1 Å². The van der Waals surface area contributed by atoms with Crippen LogP contribution < -0.4 is 10.2 Å². The van der Waals surface area contributed by atoms with Crippen molar-refractivity contribution >= 4 is 29.2 Å². The number of ether oxygens (including phenoxy) is 1. The van der Waals surface area contributed by atoms with Gasteiger partial charge in [0.05, 0.1) is 0 Å². The molecule has 3 aromatic rings. The molecule has 1 aliphatic rings. The fraction of sp³-hybridized carbons (Fsp3) is 0.448. The number of likely N-dealkylation sites (N-methyl/N-ethyl adjacent to an activating group) is 1. The fourth-order valence-corrected chi connectivity index (χ4v) is 4.91. The molecule has 4 rings (SSSR count). The van der Waals surface area contributed by atoms with Crippen LogP contribution in [-0.2, 0) is 9.53 Å². The summed E-state index contributed by atoms with van der Waals surface area (Å²) in [5, 5.41) is 17.5. The summed E-state index contributed by atoms with van der Waals surface area (Å²) in [6.45, 7) is 11.0. The van der Waals surface area contributed by atoms with Gasteiger partial charge in [-0.2, -0.15) is 9.78 Å². The number of rotatable bonds is 6. The van der Waals surface area contributed by atoms with Gasteiger partial charge in [-0.3, -0.25) is 9.59 Å². The van der Waals surface area contributed by atoms with Gasteiger partial charge in [-0.15, -0.1) is 5.10 Å². The molecule has 11 nitrogen and oxygen atoms in total. The van der Waals surface area contributed by atoms with Crippen molar-refractivity contribution in [1.29, 1.82) is 5.26 Å². The maximum Gasteiger partial charge on any atom is 0.407 e. The molecule has 1 aromatic carbocycles. The SMILES string of the molecule is Cc1c(-c2ccccc2)c(N2CC[C@@](C)(CNC(=O)OC(C)(C)C)C2)n2nc(C(=O)C(=O)N(C)C)nc2c1C#N. The number of Topliss-reactive ketones (excluding diaryl/α,β-unsaturated/α-hetero) is 1. The van der Waals surface area contributed by atoms with Crippen LogP contribution >= 0.6 is 0 Å². The van der Waals surface area contributed by atoms with Crippen LogP contribution in [0.2, 0.25) is 0 Å². The number of amides is 2. The lowest BCUT2D eigenvalue weighted by Gasteiger charge is -2.28. The number of fused-ring (bicyclic) bond motifs is 1. The van der Waals surface area contributed by atoms with Crippen LogP contribution in [0.15, 0.2) is 30.3 Å². The average molecular weight is 546 g/mol. The molecule has 2 amide bonds. The number of carbonyl (C=O) groups excluding carboxylic acids is 3. The lowest BCUT2D eigenvalue weighted by atomic mass is 9.90. The van der Waals surface area contributed by atoms with E-state index >= 15 is 0 Å². The molecule has 0 spiro atoms. The quantitative estimate of drug-likeness (QED) is 0.367. The third-order valence-corrected chi connectivity index (χ3v) is 6.90. The largest absolute Gasteiger partial charge is 0.444 e. The van der Waals surface area contributed by atoms with E-state index in [9.17, 15) is 19.6 Å². The monoisotopic (exact) mass is 545 g/mol. The Morgan fingerprint density at radius 3 is 2.48 bits per heavy atom. The summed E-state index contributed by atoms with van der Waals surface area (Å²) >= 11 is 0. The van der Waals surface area contributed by atoms with E-state index in [1.165, 1.54) is 23.5 Å². The zero-order valence-corrected chi connectivity index (χ0v) is 24.0. The summed E-state index contributed by atoms with van der Waals surface area (Å²) in [6.07, 6.45) is 0.288. The lowest BCUT2D eigenvalue weighted by molar-refractivity contribution is -0.124. The molecule has 1 N–H and O–H groups in total. The third kappa shape index (κ3) is 5.61. The maximum atomic E-state index is 12.9. The number of alkyl carbamates (subject to hydrolysis) is 1. The predicted molar refractivity (Wildman–Crippen MR) is 150 cm³/mol. The smallest absolute Gasteiger partial charge is 0.407 e. The molecule has 0 bridgehead atoms. The number of hydrogen-bond donors (Lipinski definition) is 1. The van der Waals surface area contributed by atoms with Crippen molar-refractivity contribution in [3.63, 3.8) is 0 Å². The van der Waals surface area contributed by atoms with Crippen LogP contribution in [0.25, 0.3) is 16.8 Å². The summed E-state index contributed by atoms with van der Waals surface area (Å²) in [7, 11) is 2.96. The summed E-state index contributed by atoms with van der Waals surface area (Å²) in [6, 6.07) is 11.9. The van der Waals surface area contributed by atoms with Gasteiger partial charge in [-0.25, -0.2) is 9.78 Å². The number of nitriles is 1. The number of nitrogens with one attached hydrogen (secondary N) is 1. The second-order valence-corrected chi connectivity index (χ2v) is 11.7. The molecule has 0 saturated carbocycles. The number of hydrogen-bond acceptors (Lipinski definition) is 8. The first-order valence-electron chi connectivity index (χ1n) is 13.1. The number of pyridine rings is 1. The van der Waals surface area contributed by atoms with E-state index in [0.29, 0.717) is 31.0 Å². The molecule has 1 fully saturated rings. The second kappa shape index (κ2) is 10.6. The Morgan fingerprint density at radius 1 is 1.20 bits per heavy atom. The van der Waals surface area contributed by atoms with Gasteiger partial charge in [-0.1, -0.05) is 37.3 Å². The molecule has 11 heteroatoms. The Balaban J connectivity index is 1.82. The maximum absolute atomic E-state index is 12.9. The molecule has 0 aliphatic carbocycles. The van der Waals surface area contributed by atoms with Crippen molar-refractivity contribution in [3.05, 3.63) is 47.3 Å². The van der Waals surface area contributed by atoms with Crippen molar-refractivity contribution in [2.45, 2.75) is 46.6 Å². The number of aromatic nitrogens is 3. The lowest BCUT2D eigenvalue weighted by Crippen LogP contribution is -2.40. The minimum atomic E-state index is -0.852. The summed E-state index contributed by atoms with van der Waals surface area (Å²) in [5.74, 6) is -1.20. The Morgan fingerprint density at radius 2 is 1.88 bits per heavy atom. The molecule has 1 aliphatic heterocycles. The number of carbonyl (C=O) groups is 3. The molecule has 40 heavy (non-hydrogen) atoms. The van der Waals surface area contributed by atoms with E-state index in [-0.39, 0.29) is 22.5 Å². The first kappa shape index (κ1) is 28.5. The first-order valence-corrected chi connectivity index (χ1v) is 13.1. The van der Waals surface area contributed by atoms with E-state index < -0.39 is 23.4 Å². The molecule has 0 unspecified atom stereocenters. The average Bonchev–Trinajstić information content (AvgIpc) is 3.50. The molecule has 1 saturated heterocycles. The standard InChI is InChI=1S/C29H35N7O4/c1-18-20(15-30)24-32-23(22(37)26(38)34(6)7)33-36(24)25(21(18)19-11-9-8-10-12-19)35-14-13-29(5,17-35)16-31-27(39)40-28(2,3)4/h8-12H,13-14,16-17H2,1-7H3,(H,31,39)/t29-/m0/s1. The zero-order chi connectivity index (χ0) is 29.4. The molecule has 210 valence electrons. The normalized spacial score (nSPS) is 17.0. The van der Waals surface area contributed by atoms with Gasteiger partial charge in [0, 0.05) is 44.7 Å². The van der Waals surface area contributed by atoms with Crippen LogP contribution in [0.3, 0.4) is 0 Å². The van der Waals surface area contributed by atoms with Gasteiger partial charge in [0.2, 0.25) is 5.82 Å². The van der Waals surface area contributed by atoms with Gasteiger partial charge in [-0.05, 0) is 45.2 Å². The summed E-state index contributed by atoms with van der Waals surface area (Å²) in [5.41, 5.74) is 1.96.